The fraction of sp³-hybridized carbons (Fsp3) is 0.571. The zero-order valence-electron chi connectivity index (χ0n) is 17.5. The van der Waals surface area contributed by atoms with Gasteiger partial charge in [0.05, 0.1) is 4.90 Å². The average molecular weight is 435 g/mol. The number of nitrogens with one attached hydrogen (secondary N) is 3. The van der Waals surface area contributed by atoms with Crippen LogP contribution >= 0.6 is 0 Å². The number of hydrogen-bond donors (Lipinski definition) is 3. The van der Waals surface area contributed by atoms with Crippen molar-refractivity contribution in [1.29, 1.82) is 0 Å². The van der Waals surface area contributed by atoms with Crippen LogP contribution in [0, 0.1) is 11.8 Å². The molecule has 0 spiro atoms. The standard InChI is InChI=1S/C21H30N4O4S/c1-14(2)18(24-19-16-10-6-7-11-17(16)30(28,29)25-19)21(27)23-13-12-22-20(26)15-8-4-3-5-9-15/h6-7,10-11,14-15,18H,3-5,8-9,12-13H2,1-2H3,(H,22,26)(H,23,27)(H,24,25)/t18-/m0/s1. The molecule has 1 atom stereocenters. The molecule has 8 nitrogen and oxygen atoms in total. The van der Waals surface area contributed by atoms with Crippen molar-refractivity contribution in [2.45, 2.75) is 56.9 Å². The summed E-state index contributed by atoms with van der Waals surface area (Å²) < 4.78 is 27.0. The Morgan fingerprint density at radius 3 is 2.47 bits per heavy atom. The van der Waals surface area contributed by atoms with Gasteiger partial charge < -0.3 is 10.6 Å². The van der Waals surface area contributed by atoms with Gasteiger partial charge in [0.1, 0.15) is 11.9 Å². The summed E-state index contributed by atoms with van der Waals surface area (Å²) in [6, 6.07) is 5.82. The molecule has 2 aliphatic rings. The zero-order valence-corrected chi connectivity index (χ0v) is 18.3. The van der Waals surface area contributed by atoms with Gasteiger partial charge in [0.15, 0.2) is 0 Å². The van der Waals surface area contributed by atoms with E-state index in [1.54, 1.807) is 18.2 Å². The second-order valence-electron chi connectivity index (χ2n) is 8.19. The van der Waals surface area contributed by atoms with Gasteiger partial charge >= 0.3 is 0 Å². The molecule has 3 N–H and O–H groups in total. The lowest BCUT2D eigenvalue weighted by Crippen LogP contribution is -2.43. The predicted octanol–water partition coefficient (Wildman–Crippen LogP) is 1.56. The Morgan fingerprint density at radius 1 is 1.10 bits per heavy atom. The van der Waals surface area contributed by atoms with E-state index in [9.17, 15) is 18.0 Å². The molecule has 9 heteroatoms. The Kier molecular flexibility index (Phi) is 7.12. The molecule has 1 heterocycles. The highest BCUT2D eigenvalue weighted by Crippen LogP contribution is 2.24. The first-order chi connectivity index (χ1) is 14.3. The third-order valence-electron chi connectivity index (χ3n) is 5.53. The second kappa shape index (κ2) is 9.59. The molecule has 0 aromatic heterocycles. The van der Waals surface area contributed by atoms with Crippen LogP contribution < -0.4 is 15.4 Å². The Morgan fingerprint density at radius 2 is 1.77 bits per heavy atom. The predicted molar refractivity (Wildman–Crippen MR) is 115 cm³/mol. The summed E-state index contributed by atoms with van der Waals surface area (Å²) >= 11 is 0. The summed E-state index contributed by atoms with van der Waals surface area (Å²) in [6.45, 7) is 4.37. The van der Waals surface area contributed by atoms with E-state index in [0.29, 0.717) is 18.7 Å². The number of rotatable bonds is 7. The molecule has 1 aliphatic carbocycles. The highest BCUT2D eigenvalue weighted by molar-refractivity contribution is 7.90. The van der Waals surface area contributed by atoms with Crippen LogP contribution in [-0.2, 0) is 19.6 Å². The van der Waals surface area contributed by atoms with Crippen molar-refractivity contribution in [3.8, 4) is 0 Å². The Bertz CT molecular complexity index is 921. The molecule has 0 saturated heterocycles. The van der Waals surface area contributed by atoms with Gasteiger partial charge in [0.2, 0.25) is 11.8 Å². The number of carbonyl (C=O) groups excluding carboxylic acids is 2. The van der Waals surface area contributed by atoms with E-state index in [2.05, 4.69) is 20.3 Å². The summed E-state index contributed by atoms with van der Waals surface area (Å²) in [6.07, 6.45) is 5.25. The third kappa shape index (κ3) is 5.19. The van der Waals surface area contributed by atoms with Crippen LogP contribution in [0.1, 0.15) is 51.5 Å². The smallest absolute Gasteiger partial charge is 0.263 e. The maximum absolute atomic E-state index is 12.7. The van der Waals surface area contributed by atoms with E-state index >= 15 is 0 Å². The number of sulfonamides is 1. The Balaban J connectivity index is 1.58. The minimum Gasteiger partial charge on any atom is -0.354 e. The lowest BCUT2D eigenvalue weighted by molar-refractivity contribution is -0.126. The van der Waals surface area contributed by atoms with Crippen molar-refractivity contribution in [3.63, 3.8) is 0 Å². The fourth-order valence-corrected chi connectivity index (χ4v) is 5.10. The number of benzene rings is 1. The van der Waals surface area contributed by atoms with Gasteiger partial charge in [-0.3, -0.25) is 19.3 Å². The number of carbonyl (C=O) groups is 2. The number of aliphatic imine (C=N–C) groups is 1. The van der Waals surface area contributed by atoms with Crippen LogP contribution in [0.25, 0.3) is 0 Å². The molecule has 3 rings (SSSR count). The number of hydrogen-bond acceptors (Lipinski definition) is 5. The van der Waals surface area contributed by atoms with Crippen LogP contribution in [0.15, 0.2) is 34.2 Å². The molecule has 2 amide bonds. The summed E-state index contributed by atoms with van der Waals surface area (Å²) in [5.41, 5.74) is 0.468. The number of nitrogens with zero attached hydrogens (tertiary/aromatic N) is 1. The Labute approximate surface area is 178 Å². The molecular weight excluding hydrogens is 404 g/mol. The first-order valence-corrected chi connectivity index (χ1v) is 12.0. The first kappa shape index (κ1) is 22.3. The van der Waals surface area contributed by atoms with Crippen molar-refractivity contribution < 1.29 is 18.0 Å². The molecule has 1 aliphatic heterocycles. The van der Waals surface area contributed by atoms with Crippen molar-refractivity contribution in [3.05, 3.63) is 29.8 Å². The molecule has 30 heavy (non-hydrogen) atoms. The molecule has 0 radical (unpaired) electrons. The van der Waals surface area contributed by atoms with Gasteiger partial charge in [-0.1, -0.05) is 45.2 Å². The van der Waals surface area contributed by atoms with Crippen LogP contribution in [0.5, 0.6) is 0 Å². The highest BCUT2D eigenvalue weighted by Gasteiger charge is 2.32. The van der Waals surface area contributed by atoms with Crippen molar-refractivity contribution in [1.82, 2.24) is 15.4 Å². The number of fused-ring (bicyclic) bond motifs is 1. The van der Waals surface area contributed by atoms with Crippen molar-refractivity contribution in [2.24, 2.45) is 16.8 Å². The van der Waals surface area contributed by atoms with Gasteiger partial charge in [-0.05, 0) is 30.9 Å². The average Bonchev–Trinajstić information content (AvgIpc) is 3.00. The van der Waals surface area contributed by atoms with Gasteiger partial charge in [-0.15, -0.1) is 0 Å². The molecule has 164 valence electrons. The Hall–Kier alpha value is -2.42. The lowest BCUT2D eigenvalue weighted by atomic mass is 9.89. The maximum atomic E-state index is 12.7. The van der Waals surface area contributed by atoms with Crippen molar-refractivity contribution in [2.75, 3.05) is 13.1 Å². The van der Waals surface area contributed by atoms with E-state index in [1.807, 2.05) is 13.8 Å². The van der Waals surface area contributed by atoms with Crippen LogP contribution in [0.3, 0.4) is 0 Å². The molecule has 0 unspecified atom stereocenters. The molecule has 1 saturated carbocycles. The van der Waals surface area contributed by atoms with Gasteiger partial charge in [0, 0.05) is 24.6 Å². The van der Waals surface area contributed by atoms with Gasteiger partial charge in [0.25, 0.3) is 10.0 Å². The molecule has 1 aromatic rings. The third-order valence-corrected chi connectivity index (χ3v) is 6.93. The second-order valence-corrected chi connectivity index (χ2v) is 9.84. The molecule has 1 aromatic carbocycles. The fourth-order valence-electron chi connectivity index (χ4n) is 3.86. The molecular formula is C21H30N4O4S. The SMILES string of the molecule is CC(C)[C@H](N=C1NS(=O)(=O)c2ccccc21)C(=O)NCCNC(=O)C1CCCCC1. The van der Waals surface area contributed by atoms with E-state index in [-0.39, 0.29) is 34.4 Å². The monoisotopic (exact) mass is 434 g/mol. The molecule has 0 bridgehead atoms. The summed E-state index contributed by atoms with van der Waals surface area (Å²) in [4.78, 5) is 29.5. The quantitative estimate of drug-likeness (QED) is 0.565. The van der Waals surface area contributed by atoms with Crippen LogP contribution in [0.4, 0.5) is 0 Å². The van der Waals surface area contributed by atoms with E-state index < -0.39 is 16.1 Å². The summed E-state index contributed by atoms with van der Waals surface area (Å²) in [5.74, 6) is -0.106. The van der Waals surface area contributed by atoms with Crippen LogP contribution in [-0.4, -0.2) is 45.2 Å². The van der Waals surface area contributed by atoms with Crippen molar-refractivity contribution >= 4 is 27.7 Å². The van der Waals surface area contributed by atoms with Crippen LogP contribution in [0.2, 0.25) is 0 Å². The van der Waals surface area contributed by atoms with Gasteiger partial charge in [-0.2, -0.15) is 0 Å². The summed E-state index contributed by atoms with van der Waals surface area (Å²) in [7, 11) is -3.65. The minimum atomic E-state index is -3.65. The maximum Gasteiger partial charge on any atom is 0.263 e. The highest BCUT2D eigenvalue weighted by atomic mass is 32.2. The van der Waals surface area contributed by atoms with E-state index in [4.69, 9.17) is 0 Å². The topological polar surface area (TPSA) is 117 Å². The lowest BCUT2D eigenvalue weighted by Gasteiger charge is -2.21. The minimum absolute atomic E-state index is 0.0570. The summed E-state index contributed by atoms with van der Waals surface area (Å²) in [5, 5.41) is 5.69. The zero-order chi connectivity index (χ0) is 21.7. The largest absolute Gasteiger partial charge is 0.354 e. The number of amides is 2. The van der Waals surface area contributed by atoms with E-state index in [1.165, 1.54) is 12.5 Å². The normalized spacial score (nSPS) is 20.4. The van der Waals surface area contributed by atoms with E-state index in [0.717, 1.165) is 25.7 Å². The molecule has 1 fully saturated rings. The first-order valence-electron chi connectivity index (χ1n) is 10.5. The number of amidine groups is 1. The van der Waals surface area contributed by atoms with Gasteiger partial charge in [-0.25, -0.2) is 8.42 Å².